The van der Waals surface area contributed by atoms with Crippen LogP contribution in [0.1, 0.15) is 29.1 Å². The molecule has 1 N–H and O–H groups in total. The van der Waals surface area contributed by atoms with Crippen molar-refractivity contribution in [3.63, 3.8) is 0 Å². The highest BCUT2D eigenvalue weighted by Crippen LogP contribution is 2.29. The normalized spacial score (nSPS) is 14.7. The summed E-state index contributed by atoms with van der Waals surface area (Å²) in [4.78, 5) is 4.71. The average molecular weight is 286 g/mol. The van der Waals surface area contributed by atoms with E-state index in [1.165, 1.54) is 23.5 Å². The van der Waals surface area contributed by atoms with Crippen molar-refractivity contribution >= 4 is 28.5 Å². The Morgan fingerprint density at radius 1 is 1.25 bits per heavy atom. The number of nitrogens with zero attached hydrogens (tertiary/aromatic N) is 1. The number of thiazole rings is 1. The molecule has 0 atom stereocenters. The first kappa shape index (κ1) is 13.2. The van der Waals surface area contributed by atoms with Gasteiger partial charge in [-0.2, -0.15) is 0 Å². The molecule has 0 bridgehead atoms. The number of hydrogen-bond donors (Lipinski definition) is 1. The molecule has 0 fully saturated rings. The molecule has 0 spiro atoms. The first-order valence-corrected chi connectivity index (χ1v) is 7.73. The van der Waals surface area contributed by atoms with E-state index in [9.17, 15) is 0 Å². The molecule has 0 saturated heterocycles. The number of methoxy groups -OCH3 is 1. The van der Waals surface area contributed by atoms with Crippen LogP contribution >= 0.6 is 11.3 Å². The van der Waals surface area contributed by atoms with Crippen LogP contribution in [0, 0.1) is 0 Å². The summed E-state index contributed by atoms with van der Waals surface area (Å²) in [6.07, 6.45) is 7.67. The van der Waals surface area contributed by atoms with Gasteiger partial charge in [0.05, 0.1) is 12.8 Å². The smallest absolute Gasteiger partial charge is 0.126 e. The number of anilines is 1. The molecule has 20 heavy (non-hydrogen) atoms. The number of rotatable bonds is 3. The third-order valence-electron chi connectivity index (χ3n) is 3.38. The Balaban J connectivity index is 1.82. The highest BCUT2D eigenvalue weighted by atomic mass is 32.1. The lowest BCUT2D eigenvalue weighted by Crippen LogP contribution is -1.96. The second kappa shape index (κ2) is 6.09. The lowest BCUT2D eigenvalue weighted by molar-refractivity contribution is 0.414. The lowest BCUT2D eigenvalue weighted by atomic mass is 10.2. The maximum absolute atomic E-state index is 5.35. The maximum atomic E-state index is 5.35. The number of nitrogens with one attached hydrogen (secondary N) is 1. The van der Waals surface area contributed by atoms with Crippen LogP contribution in [0.15, 0.2) is 24.3 Å². The van der Waals surface area contributed by atoms with E-state index in [2.05, 4.69) is 17.5 Å². The van der Waals surface area contributed by atoms with E-state index >= 15 is 0 Å². The fourth-order valence-corrected chi connectivity index (χ4v) is 3.27. The van der Waals surface area contributed by atoms with Crippen molar-refractivity contribution in [1.29, 1.82) is 0 Å². The third-order valence-corrected chi connectivity index (χ3v) is 4.40. The summed E-state index contributed by atoms with van der Waals surface area (Å²) in [6, 6.07) is 8.01. The van der Waals surface area contributed by atoms with E-state index in [1.807, 2.05) is 24.3 Å². The molecule has 104 valence electrons. The molecule has 1 aliphatic heterocycles. The van der Waals surface area contributed by atoms with Crippen LogP contribution in [0.25, 0.3) is 12.2 Å². The van der Waals surface area contributed by atoms with Crippen LogP contribution in [-0.2, 0) is 6.42 Å². The minimum atomic E-state index is 0.889. The van der Waals surface area contributed by atoms with Gasteiger partial charge >= 0.3 is 0 Å². The van der Waals surface area contributed by atoms with Crippen molar-refractivity contribution in [3.05, 3.63) is 40.5 Å². The molecule has 4 heteroatoms. The number of hydrogen-bond acceptors (Lipinski definition) is 4. The molecule has 0 amide bonds. The van der Waals surface area contributed by atoms with Gasteiger partial charge in [-0.1, -0.05) is 29.5 Å². The van der Waals surface area contributed by atoms with Gasteiger partial charge in [0, 0.05) is 12.1 Å². The molecule has 2 aromatic rings. The van der Waals surface area contributed by atoms with Crippen LogP contribution in [-0.4, -0.2) is 18.6 Å². The van der Waals surface area contributed by atoms with Gasteiger partial charge in [-0.3, -0.25) is 0 Å². The van der Waals surface area contributed by atoms with Crippen LogP contribution < -0.4 is 10.1 Å². The van der Waals surface area contributed by atoms with Gasteiger partial charge in [-0.05, 0) is 37.5 Å². The fraction of sp³-hybridized carbons (Fsp3) is 0.312. The van der Waals surface area contributed by atoms with Gasteiger partial charge in [0.25, 0.3) is 0 Å². The summed E-state index contributed by atoms with van der Waals surface area (Å²) in [5, 5.41) is 5.75. The van der Waals surface area contributed by atoms with Gasteiger partial charge in [0.2, 0.25) is 0 Å². The summed E-state index contributed by atoms with van der Waals surface area (Å²) < 4.78 is 5.35. The van der Waals surface area contributed by atoms with E-state index in [-0.39, 0.29) is 0 Å². The lowest BCUT2D eigenvalue weighted by Gasteiger charge is -2.02. The highest BCUT2D eigenvalue weighted by molar-refractivity contribution is 7.16. The minimum Gasteiger partial charge on any atom is -0.496 e. The molecule has 0 radical (unpaired) electrons. The fourth-order valence-electron chi connectivity index (χ4n) is 2.33. The Morgan fingerprint density at radius 2 is 2.15 bits per heavy atom. The summed E-state index contributed by atoms with van der Waals surface area (Å²) in [7, 11) is 1.70. The number of ether oxygens (including phenoxy) is 1. The van der Waals surface area contributed by atoms with Gasteiger partial charge < -0.3 is 10.1 Å². The number of benzene rings is 1. The summed E-state index contributed by atoms with van der Waals surface area (Å²) in [5.74, 6) is 0.889. The Labute approximate surface area is 123 Å². The molecule has 0 aliphatic carbocycles. The second-order valence-electron chi connectivity index (χ2n) is 4.79. The predicted octanol–water partition coefficient (Wildman–Crippen LogP) is 4.07. The number of fused-ring (bicyclic) bond motifs is 1. The van der Waals surface area contributed by atoms with E-state index in [0.717, 1.165) is 29.3 Å². The first-order chi connectivity index (χ1) is 9.86. The molecule has 3 rings (SSSR count). The van der Waals surface area contributed by atoms with Crippen molar-refractivity contribution in [3.8, 4) is 5.75 Å². The first-order valence-electron chi connectivity index (χ1n) is 6.91. The molecule has 2 heterocycles. The Morgan fingerprint density at radius 3 is 3.05 bits per heavy atom. The minimum absolute atomic E-state index is 0.889. The van der Waals surface area contributed by atoms with Crippen molar-refractivity contribution in [1.82, 2.24) is 4.98 Å². The predicted molar refractivity (Wildman–Crippen MR) is 85.5 cm³/mol. The van der Waals surface area contributed by atoms with Crippen LogP contribution in [0.2, 0.25) is 0 Å². The summed E-state index contributed by atoms with van der Waals surface area (Å²) >= 11 is 1.73. The highest BCUT2D eigenvalue weighted by Gasteiger charge is 2.12. The van der Waals surface area contributed by atoms with Crippen molar-refractivity contribution in [2.24, 2.45) is 0 Å². The van der Waals surface area contributed by atoms with Crippen molar-refractivity contribution < 1.29 is 4.74 Å². The average Bonchev–Trinajstić information content (AvgIpc) is 2.75. The molecule has 0 saturated carbocycles. The van der Waals surface area contributed by atoms with Gasteiger partial charge in [-0.25, -0.2) is 4.98 Å². The third kappa shape index (κ3) is 2.85. The van der Waals surface area contributed by atoms with Crippen LogP contribution in [0.4, 0.5) is 5.00 Å². The SMILES string of the molecule is COc1ccccc1C=Cc1nc2c(s1)NCCCC2. The summed E-state index contributed by atoms with van der Waals surface area (Å²) in [6.45, 7) is 1.06. The number of aromatic nitrogens is 1. The van der Waals surface area contributed by atoms with Gasteiger partial charge in [0.15, 0.2) is 0 Å². The molecule has 0 unspecified atom stereocenters. The van der Waals surface area contributed by atoms with Crippen molar-refractivity contribution in [2.75, 3.05) is 19.0 Å². The maximum Gasteiger partial charge on any atom is 0.126 e. The van der Waals surface area contributed by atoms with Gasteiger partial charge in [-0.15, -0.1) is 0 Å². The monoisotopic (exact) mass is 286 g/mol. The topological polar surface area (TPSA) is 34.1 Å². The molecule has 3 nitrogen and oxygen atoms in total. The molecular weight excluding hydrogens is 268 g/mol. The Kier molecular flexibility index (Phi) is 4.02. The summed E-state index contributed by atoms with van der Waals surface area (Å²) in [5.41, 5.74) is 2.29. The van der Waals surface area contributed by atoms with E-state index in [1.54, 1.807) is 18.4 Å². The molecule has 1 aliphatic rings. The molecule has 1 aromatic carbocycles. The molecule has 1 aromatic heterocycles. The zero-order chi connectivity index (χ0) is 13.8. The van der Waals surface area contributed by atoms with E-state index < -0.39 is 0 Å². The zero-order valence-electron chi connectivity index (χ0n) is 11.6. The standard InChI is InChI=1S/C16H18N2OS/c1-19-14-8-3-2-6-12(14)9-10-15-18-13-7-4-5-11-17-16(13)20-15/h2-3,6,8-10,17H,4-5,7,11H2,1H3. The number of aryl methyl sites for hydroxylation is 1. The quantitative estimate of drug-likeness (QED) is 0.923. The van der Waals surface area contributed by atoms with Crippen LogP contribution in [0.3, 0.4) is 0 Å². The second-order valence-corrected chi connectivity index (χ2v) is 5.82. The zero-order valence-corrected chi connectivity index (χ0v) is 12.4. The van der Waals surface area contributed by atoms with Crippen LogP contribution in [0.5, 0.6) is 5.75 Å². The van der Waals surface area contributed by atoms with E-state index in [0.29, 0.717) is 0 Å². The Bertz CT molecular complexity index is 595. The Hall–Kier alpha value is -1.81. The largest absolute Gasteiger partial charge is 0.496 e. The number of para-hydroxylation sites is 1. The molecular formula is C16H18N2OS. The van der Waals surface area contributed by atoms with Crippen molar-refractivity contribution in [2.45, 2.75) is 19.3 Å². The van der Waals surface area contributed by atoms with Gasteiger partial charge in [0.1, 0.15) is 15.8 Å². The van der Waals surface area contributed by atoms with E-state index in [4.69, 9.17) is 9.72 Å².